The number of nitrogens with one attached hydrogen (secondary N) is 1. The topological polar surface area (TPSA) is 15.3 Å². The zero-order valence-corrected chi connectivity index (χ0v) is 12.9. The van der Waals surface area contributed by atoms with Crippen LogP contribution in [0, 0.1) is 5.92 Å². The van der Waals surface area contributed by atoms with Crippen LogP contribution in [0.3, 0.4) is 0 Å². The van der Waals surface area contributed by atoms with Gasteiger partial charge in [-0.25, -0.2) is 0 Å². The van der Waals surface area contributed by atoms with Crippen LogP contribution in [-0.2, 0) is 0 Å². The van der Waals surface area contributed by atoms with Crippen LogP contribution in [0.25, 0.3) is 0 Å². The van der Waals surface area contributed by atoms with Crippen molar-refractivity contribution in [2.24, 2.45) is 5.92 Å². The number of hydrogen-bond acceptors (Lipinski definition) is 2. The zero-order chi connectivity index (χ0) is 13.3. The van der Waals surface area contributed by atoms with E-state index in [1.54, 1.807) is 0 Å². The summed E-state index contributed by atoms with van der Waals surface area (Å²) in [6.45, 7) is 18.7. The van der Waals surface area contributed by atoms with Gasteiger partial charge in [0.05, 0.1) is 0 Å². The first-order chi connectivity index (χ1) is 7.75. The Morgan fingerprint density at radius 2 is 1.76 bits per heavy atom. The molecule has 0 amide bonds. The van der Waals surface area contributed by atoms with Gasteiger partial charge in [0.15, 0.2) is 0 Å². The molecule has 102 valence electrons. The van der Waals surface area contributed by atoms with Crippen LogP contribution in [0.1, 0.15) is 61.3 Å². The highest BCUT2D eigenvalue weighted by molar-refractivity contribution is 5.00. The molecule has 1 atom stereocenters. The van der Waals surface area contributed by atoms with Crippen molar-refractivity contribution in [3.05, 3.63) is 0 Å². The molecular weight excluding hydrogens is 208 g/mol. The highest BCUT2D eigenvalue weighted by Gasteiger charge is 2.41. The summed E-state index contributed by atoms with van der Waals surface area (Å²) in [6, 6.07) is 0.668. The first-order valence-electron chi connectivity index (χ1n) is 7.27. The third-order valence-electron chi connectivity index (χ3n) is 4.54. The molecule has 0 aromatic heterocycles. The van der Waals surface area contributed by atoms with Crippen molar-refractivity contribution in [1.82, 2.24) is 10.2 Å². The van der Waals surface area contributed by atoms with Crippen LogP contribution in [0.4, 0.5) is 0 Å². The number of rotatable bonds is 3. The predicted octanol–water partition coefficient (Wildman–Crippen LogP) is 3.27. The lowest BCUT2D eigenvalue weighted by atomic mass is 9.83. The maximum atomic E-state index is 3.82. The third-order valence-corrected chi connectivity index (χ3v) is 4.54. The van der Waals surface area contributed by atoms with Gasteiger partial charge in [0.2, 0.25) is 0 Å². The molecule has 1 unspecified atom stereocenters. The summed E-state index contributed by atoms with van der Waals surface area (Å²) in [5.74, 6) is 0.716. The fraction of sp³-hybridized carbons (Fsp3) is 1.00. The van der Waals surface area contributed by atoms with E-state index < -0.39 is 0 Å². The average Bonchev–Trinajstić information content (AvgIpc) is 2.27. The molecule has 1 N–H and O–H groups in total. The molecule has 17 heavy (non-hydrogen) atoms. The molecule has 1 aliphatic rings. The smallest absolute Gasteiger partial charge is 0.0304 e. The summed E-state index contributed by atoms with van der Waals surface area (Å²) >= 11 is 0. The molecule has 0 saturated carbocycles. The minimum absolute atomic E-state index is 0.270. The molecule has 1 heterocycles. The van der Waals surface area contributed by atoms with Crippen LogP contribution in [-0.4, -0.2) is 35.1 Å². The van der Waals surface area contributed by atoms with E-state index in [2.05, 4.69) is 58.7 Å². The fourth-order valence-corrected chi connectivity index (χ4v) is 2.98. The van der Waals surface area contributed by atoms with E-state index in [9.17, 15) is 0 Å². The molecule has 0 aromatic rings. The van der Waals surface area contributed by atoms with Crippen molar-refractivity contribution in [1.29, 1.82) is 0 Å². The lowest BCUT2D eigenvalue weighted by Crippen LogP contribution is -2.68. The van der Waals surface area contributed by atoms with Crippen molar-refractivity contribution in [2.75, 3.05) is 13.1 Å². The Morgan fingerprint density at radius 3 is 2.12 bits per heavy atom. The van der Waals surface area contributed by atoms with E-state index in [-0.39, 0.29) is 5.54 Å². The van der Waals surface area contributed by atoms with Gasteiger partial charge in [-0.05, 0) is 39.5 Å². The normalized spacial score (nSPS) is 26.5. The Kier molecular flexibility index (Phi) is 4.65. The van der Waals surface area contributed by atoms with E-state index in [0.717, 1.165) is 6.54 Å². The second-order valence-electron chi connectivity index (χ2n) is 6.98. The van der Waals surface area contributed by atoms with Crippen molar-refractivity contribution in [3.63, 3.8) is 0 Å². The SMILES string of the molecule is CCC1(CC)CN(C(C)(C)C)C(C(C)C)CN1. The Labute approximate surface area is 108 Å². The first-order valence-corrected chi connectivity index (χ1v) is 7.27. The van der Waals surface area contributed by atoms with Gasteiger partial charge in [0.1, 0.15) is 0 Å². The molecule has 1 fully saturated rings. The monoisotopic (exact) mass is 240 g/mol. The first kappa shape index (κ1) is 15.0. The highest BCUT2D eigenvalue weighted by atomic mass is 15.3. The maximum Gasteiger partial charge on any atom is 0.0304 e. The van der Waals surface area contributed by atoms with Gasteiger partial charge < -0.3 is 5.32 Å². The van der Waals surface area contributed by atoms with Gasteiger partial charge in [0.25, 0.3) is 0 Å². The highest BCUT2D eigenvalue weighted by Crippen LogP contribution is 2.30. The molecule has 1 rings (SSSR count). The number of piperazine rings is 1. The van der Waals surface area contributed by atoms with E-state index in [1.165, 1.54) is 19.4 Å². The Balaban J connectivity index is 2.91. The zero-order valence-electron chi connectivity index (χ0n) is 12.9. The van der Waals surface area contributed by atoms with Crippen molar-refractivity contribution in [3.8, 4) is 0 Å². The lowest BCUT2D eigenvalue weighted by molar-refractivity contribution is -0.0127. The minimum atomic E-state index is 0.270. The molecule has 1 aliphatic heterocycles. The van der Waals surface area contributed by atoms with Crippen LogP contribution >= 0.6 is 0 Å². The lowest BCUT2D eigenvalue weighted by Gasteiger charge is -2.54. The molecule has 0 bridgehead atoms. The molecule has 0 aliphatic carbocycles. The Bertz CT molecular complexity index is 236. The summed E-state index contributed by atoms with van der Waals surface area (Å²) in [5, 5.41) is 3.82. The van der Waals surface area contributed by atoms with E-state index in [1.807, 2.05) is 0 Å². The van der Waals surface area contributed by atoms with Crippen molar-refractivity contribution < 1.29 is 0 Å². The molecular formula is C15H32N2. The minimum Gasteiger partial charge on any atom is -0.308 e. The van der Waals surface area contributed by atoms with Crippen molar-refractivity contribution >= 4 is 0 Å². The molecule has 2 nitrogen and oxygen atoms in total. The van der Waals surface area contributed by atoms with Crippen molar-refractivity contribution in [2.45, 2.75) is 78.4 Å². The number of nitrogens with zero attached hydrogens (tertiary/aromatic N) is 1. The Morgan fingerprint density at radius 1 is 1.24 bits per heavy atom. The molecule has 2 heteroatoms. The van der Waals surface area contributed by atoms with Gasteiger partial charge in [0, 0.05) is 30.2 Å². The summed E-state index contributed by atoms with van der Waals surface area (Å²) < 4.78 is 0. The van der Waals surface area contributed by atoms with Gasteiger partial charge in [-0.3, -0.25) is 4.90 Å². The third kappa shape index (κ3) is 3.23. The molecule has 0 spiro atoms. The van der Waals surface area contributed by atoms with Crippen LogP contribution < -0.4 is 5.32 Å². The summed E-state index contributed by atoms with van der Waals surface area (Å²) in [5.41, 5.74) is 0.602. The van der Waals surface area contributed by atoms with Gasteiger partial charge in [-0.1, -0.05) is 27.7 Å². The van der Waals surface area contributed by atoms with Gasteiger partial charge >= 0.3 is 0 Å². The largest absolute Gasteiger partial charge is 0.308 e. The molecule has 0 radical (unpaired) electrons. The second-order valence-corrected chi connectivity index (χ2v) is 6.98. The van der Waals surface area contributed by atoms with Crippen LogP contribution in [0.15, 0.2) is 0 Å². The number of hydrogen-bond donors (Lipinski definition) is 1. The fourth-order valence-electron chi connectivity index (χ4n) is 2.98. The van der Waals surface area contributed by atoms with Gasteiger partial charge in [-0.2, -0.15) is 0 Å². The summed E-state index contributed by atoms with van der Waals surface area (Å²) in [4.78, 5) is 2.72. The Hall–Kier alpha value is -0.0800. The standard InChI is InChI=1S/C15H32N2/c1-8-15(9-2)11-17(14(5,6)7)13(10-16-15)12(3)4/h12-13,16H,8-11H2,1-7H3. The maximum absolute atomic E-state index is 3.82. The molecule has 1 saturated heterocycles. The summed E-state index contributed by atoms with van der Waals surface area (Å²) in [6.07, 6.45) is 2.45. The molecule has 0 aromatic carbocycles. The van der Waals surface area contributed by atoms with Gasteiger partial charge in [-0.15, -0.1) is 0 Å². The predicted molar refractivity (Wildman–Crippen MR) is 76.4 cm³/mol. The van der Waals surface area contributed by atoms with Crippen LogP contribution in [0.2, 0.25) is 0 Å². The average molecular weight is 240 g/mol. The van der Waals surface area contributed by atoms with E-state index >= 15 is 0 Å². The van der Waals surface area contributed by atoms with Crippen LogP contribution in [0.5, 0.6) is 0 Å². The van der Waals surface area contributed by atoms with E-state index in [4.69, 9.17) is 0 Å². The quantitative estimate of drug-likeness (QED) is 0.814. The van der Waals surface area contributed by atoms with E-state index in [0.29, 0.717) is 17.5 Å². The second kappa shape index (κ2) is 5.27. The summed E-state index contributed by atoms with van der Waals surface area (Å²) in [7, 11) is 0.